The molecule has 0 spiro atoms. The van der Waals surface area contributed by atoms with Crippen LogP contribution in [-0.2, 0) is 11.8 Å². The normalized spacial score (nSPS) is 10.8. The number of hydrogen-bond donors (Lipinski definition) is 1. The van der Waals surface area contributed by atoms with E-state index in [1.54, 1.807) is 36.4 Å². The Hall–Kier alpha value is -2.70. The molecule has 0 aliphatic rings. The number of aromatic nitrogens is 1. The summed E-state index contributed by atoms with van der Waals surface area (Å²) >= 11 is 12.1. The molecule has 0 aliphatic heterocycles. The van der Waals surface area contributed by atoms with Gasteiger partial charge >= 0.3 is 5.97 Å². The van der Waals surface area contributed by atoms with E-state index in [-0.39, 0.29) is 5.02 Å². The summed E-state index contributed by atoms with van der Waals surface area (Å²) in [5.41, 5.74) is -0.262. The number of aryl methyl sites for hydroxylation is 1. The van der Waals surface area contributed by atoms with Crippen LogP contribution in [0.1, 0.15) is 6.92 Å². The summed E-state index contributed by atoms with van der Waals surface area (Å²) in [7, 11) is 1.49. The van der Waals surface area contributed by atoms with Gasteiger partial charge in [0.05, 0.1) is 10.5 Å². The molecule has 26 heavy (non-hydrogen) atoms. The predicted octanol–water partition coefficient (Wildman–Crippen LogP) is 4.27. The molecule has 0 unspecified atom stereocenters. The van der Waals surface area contributed by atoms with Crippen LogP contribution in [-0.4, -0.2) is 15.6 Å². The zero-order valence-corrected chi connectivity index (χ0v) is 15.3. The van der Waals surface area contributed by atoms with Crippen LogP contribution in [0.15, 0.2) is 41.2 Å². The van der Waals surface area contributed by atoms with Crippen LogP contribution in [0, 0.1) is 0 Å². The van der Waals surface area contributed by atoms with E-state index in [4.69, 9.17) is 32.7 Å². The van der Waals surface area contributed by atoms with Gasteiger partial charge in [0.25, 0.3) is 5.56 Å². The van der Waals surface area contributed by atoms with Gasteiger partial charge in [0.15, 0.2) is 5.75 Å². The molecule has 0 saturated carbocycles. The van der Waals surface area contributed by atoms with Crippen molar-refractivity contribution in [3.8, 4) is 23.0 Å². The third-order valence-corrected chi connectivity index (χ3v) is 4.49. The highest BCUT2D eigenvalue weighted by Crippen LogP contribution is 2.37. The predicted molar refractivity (Wildman–Crippen MR) is 98.7 cm³/mol. The number of nitrogens with zero attached hydrogens (tertiary/aromatic N) is 1. The van der Waals surface area contributed by atoms with E-state index in [1.807, 2.05) is 0 Å². The number of aromatic hydroxyl groups is 1. The Kier molecular flexibility index (Phi) is 4.80. The fraction of sp³-hybridized carbons (Fsp3) is 0.111. The van der Waals surface area contributed by atoms with Crippen molar-refractivity contribution in [2.24, 2.45) is 7.05 Å². The van der Waals surface area contributed by atoms with Gasteiger partial charge < -0.3 is 19.1 Å². The maximum absolute atomic E-state index is 12.4. The largest absolute Gasteiger partial charge is 0.504 e. The summed E-state index contributed by atoms with van der Waals surface area (Å²) in [6.45, 7) is 1.15. The molecule has 2 aromatic carbocycles. The quantitative estimate of drug-likeness (QED) is 0.672. The van der Waals surface area contributed by atoms with Gasteiger partial charge in [0.2, 0.25) is 5.75 Å². The molecule has 6 nitrogen and oxygen atoms in total. The van der Waals surface area contributed by atoms with Crippen molar-refractivity contribution in [1.29, 1.82) is 0 Å². The van der Waals surface area contributed by atoms with Crippen LogP contribution >= 0.6 is 23.2 Å². The van der Waals surface area contributed by atoms with E-state index in [0.717, 1.165) is 6.92 Å². The highest BCUT2D eigenvalue weighted by atomic mass is 35.5. The van der Waals surface area contributed by atoms with Gasteiger partial charge in [-0.05, 0) is 24.3 Å². The minimum absolute atomic E-state index is 0.260. The van der Waals surface area contributed by atoms with E-state index in [9.17, 15) is 14.7 Å². The van der Waals surface area contributed by atoms with Crippen LogP contribution in [0.3, 0.4) is 0 Å². The molecule has 1 N–H and O–H groups in total. The first-order valence-corrected chi connectivity index (χ1v) is 8.21. The molecule has 0 aliphatic carbocycles. The van der Waals surface area contributed by atoms with E-state index in [2.05, 4.69) is 0 Å². The molecule has 0 fully saturated rings. The number of benzene rings is 2. The molecule has 1 aromatic heterocycles. The second-order valence-electron chi connectivity index (χ2n) is 5.47. The van der Waals surface area contributed by atoms with Crippen molar-refractivity contribution in [1.82, 2.24) is 4.57 Å². The van der Waals surface area contributed by atoms with Crippen molar-refractivity contribution in [3.05, 3.63) is 56.8 Å². The first kappa shape index (κ1) is 18.1. The molecule has 0 radical (unpaired) electrons. The summed E-state index contributed by atoms with van der Waals surface area (Å²) in [5, 5.41) is 11.2. The molecule has 8 heteroatoms. The minimum atomic E-state index is -0.702. The average Bonchev–Trinajstić information content (AvgIpc) is 2.60. The summed E-state index contributed by atoms with van der Waals surface area (Å²) in [6, 6.07) is 9.67. The van der Waals surface area contributed by atoms with Crippen molar-refractivity contribution < 1.29 is 19.4 Å². The van der Waals surface area contributed by atoms with Gasteiger partial charge in [-0.25, -0.2) is 0 Å². The van der Waals surface area contributed by atoms with Crippen molar-refractivity contribution >= 4 is 40.1 Å². The van der Waals surface area contributed by atoms with Gasteiger partial charge in [-0.1, -0.05) is 29.3 Å². The standard InChI is InChI=1S/C18H13Cl2NO5/c1-9(22)25-17-16(23)11-7-6-10(8-13(11)21(2)18(17)24)26-14-5-3-4-12(19)15(14)20/h3-8,23H,1-2H3. The average molecular weight is 394 g/mol. The second kappa shape index (κ2) is 6.90. The zero-order chi connectivity index (χ0) is 19.0. The molecule has 0 bridgehead atoms. The van der Waals surface area contributed by atoms with Crippen LogP contribution in [0.2, 0.25) is 10.0 Å². The number of pyridine rings is 1. The fourth-order valence-electron chi connectivity index (χ4n) is 2.46. The van der Waals surface area contributed by atoms with Gasteiger partial charge in [0, 0.05) is 25.4 Å². The number of fused-ring (bicyclic) bond motifs is 1. The molecular formula is C18H13Cl2NO5. The number of carbonyl (C=O) groups is 1. The summed E-state index contributed by atoms with van der Waals surface area (Å²) in [6.07, 6.45) is 0. The summed E-state index contributed by atoms with van der Waals surface area (Å²) in [5.74, 6) is -0.794. The lowest BCUT2D eigenvalue weighted by molar-refractivity contribution is -0.132. The molecule has 0 saturated heterocycles. The maximum atomic E-state index is 12.4. The van der Waals surface area contributed by atoms with Crippen LogP contribution in [0.4, 0.5) is 0 Å². The second-order valence-corrected chi connectivity index (χ2v) is 6.25. The highest BCUT2D eigenvalue weighted by molar-refractivity contribution is 6.42. The molecule has 3 aromatic rings. The molecule has 1 heterocycles. The Morgan fingerprint density at radius 1 is 1.19 bits per heavy atom. The lowest BCUT2D eigenvalue weighted by atomic mass is 10.1. The summed E-state index contributed by atoms with van der Waals surface area (Å²) < 4.78 is 11.8. The van der Waals surface area contributed by atoms with Gasteiger partial charge in [-0.3, -0.25) is 9.59 Å². The number of carbonyl (C=O) groups excluding carboxylic acids is 1. The smallest absolute Gasteiger partial charge is 0.308 e. The van der Waals surface area contributed by atoms with E-state index >= 15 is 0 Å². The molecule has 0 atom stereocenters. The first-order valence-electron chi connectivity index (χ1n) is 7.45. The summed E-state index contributed by atoms with van der Waals surface area (Å²) in [4.78, 5) is 23.5. The third kappa shape index (κ3) is 3.21. The Morgan fingerprint density at radius 3 is 2.62 bits per heavy atom. The lowest BCUT2D eigenvalue weighted by Gasteiger charge is -2.13. The monoisotopic (exact) mass is 393 g/mol. The van der Waals surface area contributed by atoms with E-state index < -0.39 is 23.0 Å². The lowest BCUT2D eigenvalue weighted by Crippen LogP contribution is -2.21. The Labute approximate surface area is 158 Å². The van der Waals surface area contributed by atoms with Crippen LogP contribution in [0.5, 0.6) is 23.0 Å². The Bertz CT molecular complexity index is 1090. The van der Waals surface area contributed by atoms with Gasteiger partial charge in [0.1, 0.15) is 16.5 Å². The number of hydrogen-bond acceptors (Lipinski definition) is 5. The van der Waals surface area contributed by atoms with Gasteiger partial charge in [-0.15, -0.1) is 0 Å². The maximum Gasteiger partial charge on any atom is 0.308 e. The Morgan fingerprint density at radius 2 is 1.92 bits per heavy atom. The van der Waals surface area contributed by atoms with E-state index in [1.165, 1.54) is 11.6 Å². The van der Waals surface area contributed by atoms with Gasteiger partial charge in [-0.2, -0.15) is 0 Å². The molecular weight excluding hydrogens is 381 g/mol. The zero-order valence-electron chi connectivity index (χ0n) is 13.7. The van der Waals surface area contributed by atoms with Crippen LogP contribution in [0.25, 0.3) is 10.9 Å². The SMILES string of the molecule is CC(=O)Oc1c(O)c2ccc(Oc3cccc(Cl)c3Cl)cc2n(C)c1=O. The highest BCUT2D eigenvalue weighted by Gasteiger charge is 2.18. The van der Waals surface area contributed by atoms with E-state index in [0.29, 0.717) is 27.4 Å². The molecule has 3 rings (SSSR count). The number of esters is 1. The van der Waals surface area contributed by atoms with Crippen molar-refractivity contribution in [3.63, 3.8) is 0 Å². The van der Waals surface area contributed by atoms with Crippen molar-refractivity contribution in [2.75, 3.05) is 0 Å². The number of ether oxygens (including phenoxy) is 2. The fourth-order valence-corrected chi connectivity index (χ4v) is 2.79. The molecule has 0 amide bonds. The third-order valence-electron chi connectivity index (χ3n) is 3.69. The molecule has 134 valence electrons. The van der Waals surface area contributed by atoms with Crippen LogP contribution < -0.4 is 15.0 Å². The topological polar surface area (TPSA) is 77.8 Å². The Balaban J connectivity index is 2.12. The number of halogens is 2. The first-order chi connectivity index (χ1) is 12.3. The minimum Gasteiger partial charge on any atom is -0.504 e. The number of rotatable bonds is 3. The van der Waals surface area contributed by atoms with Crippen molar-refractivity contribution in [2.45, 2.75) is 6.92 Å².